The number of amides is 1. The van der Waals surface area contributed by atoms with E-state index in [1.807, 2.05) is 0 Å². The maximum absolute atomic E-state index is 12.7. The number of nitro benzene ring substituents is 1. The van der Waals surface area contributed by atoms with Crippen LogP contribution in [0, 0.1) is 17.0 Å². The lowest BCUT2D eigenvalue weighted by Crippen LogP contribution is -2.16. The van der Waals surface area contributed by atoms with E-state index in [0.717, 1.165) is 6.26 Å². The Kier molecular flexibility index (Phi) is 5.40. The van der Waals surface area contributed by atoms with Crippen molar-refractivity contribution >= 4 is 38.9 Å². The summed E-state index contributed by atoms with van der Waals surface area (Å²) in [5, 5.41) is 17.8. The number of hydrogen-bond acceptors (Lipinski definition) is 6. The second kappa shape index (κ2) is 7.64. The molecule has 0 aliphatic carbocycles. The minimum atomic E-state index is -3.52. The molecule has 0 saturated heterocycles. The van der Waals surface area contributed by atoms with E-state index in [1.54, 1.807) is 13.0 Å². The molecular formula is C18H15ClN4O5S. The predicted molar refractivity (Wildman–Crippen MR) is 107 cm³/mol. The first-order valence-corrected chi connectivity index (χ1v) is 10.5. The number of rotatable bonds is 5. The van der Waals surface area contributed by atoms with Crippen molar-refractivity contribution in [2.75, 3.05) is 11.6 Å². The zero-order valence-corrected chi connectivity index (χ0v) is 16.9. The lowest BCUT2D eigenvalue weighted by atomic mass is 10.2. The highest BCUT2D eigenvalue weighted by Crippen LogP contribution is 2.24. The topological polar surface area (TPSA) is 124 Å². The van der Waals surface area contributed by atoms with E-state index in [9.17, 15) is 23.3 Å². The zero-order valence-electron chi connectivity index (χ0n) is 15.3. The van der Waals surface area contributed by atoms with Crippen LogP contribution in [-0.4, -0.2) is 35.3 Å². The molecule has 0 spiro atoms. The third-order valence-electron chi connectivity index (χ3n) is 3.99. The Labute approximate surface area is 171 Å². The molecular weight excluding hydrogens is 420 g/mol. The first kappa shape index (κ1) is 20.5. The largest absolute Gasteiger partial charge is 0.306 e. The monoisotopic (exact) mass is 434 g/mol. The molecule has 0 saturated carbocycles. The van der Waals surface area contributed by atoms with Crippen LogP contribution >= 0.6 is 11.6 Å². The summed E-state index contributed by atoms with van der Waals surface area (Å²) in [6.45, 7) is 1.72. The van der Waals surface area contributed by atoms with Crippen LogP contribution in [0.15, 0.2) is 53.4 Å². The Balaban J connectivity index is 1.96. The van der Waals surface area contributed by atoms with Gasteiger partial charge in [-0.3, -0.25) is 14.9 Å². The highest BCUT2D eigenvalue weighted by atomic mass is 35.5. The Hall–Kier alpha value is -3.24. The van der Waals surface area contributed by atoms with E-state index in [2.05, 4.69) is 10.4 Å². The Morgan fingerprint density at radius 2 is 1.83 bits per heavy atom. The van der Waals surface area contributed by atoms with E-state index in [4.69, 9.17) is 11.6 Å². The number of aryl methyl sites for hydroxylation is 1. The van der Waals surface area contributed by atoms with E-state index in [1.165, 1.54) is 47.1 Å². The fourth-order valence-electron chi connectivity index (χ4n) is 2.59. The van der Waals surface area contributed by atoms with Gasteiger partial charge in [0.15, 0.2) is 9.84 Å². The van der Waals surface area contributed by atoms with Crippen LogP contribution in [0.5, 0.6) is 0 Å². The number of aromatic nitrogens is 2. The number of carbonyl (C=O) groups excluding carboxylic acids is 1. The summed E-state index contributed by atoms with van der Waals surface area (Å²) in [5.74, 6) is -0.328. The van der Waals surface area contributed by atoms with Gasteiger partial charge in [-0.15, -0.1) is 0 Å². The molecule has 2 aromatic carbocycles. The van der Waals surface area contributed by atoms with Gasteiger partial charge in [0.05, 0.1) is 31.8 Å². The number of nitrogens with zero attached hydrogens (tertiary/aromatic N) is 3. The van der Waals surface area contributed by atoms with Crippen molar-refractivity contribution < 1.29 is 18.1 Å². The second-order valence-corrected chi connectivity index (χ2v) is 8.65. The summed E-state index contributed by atoms with van der Waals surface area (Å²) >= 11 is 6.07. The van der Waals surface area contributed by atoms with Crippen molar-refractivity contribution in [2.45, 2.75) is 11.8 Å². The maximum Gasteiger partial charge on any atom is 0.269 e. The molecule has 9 nitrogen and oxygen atoms in total. The van der Waals surface area contributed by atoms with Crippen molar-refractivity contribution in [3.05, 3.63) is 74.9 Å². The predicted octanol–water partition coefficient (Wildman–Crippen LogP) is 3.40. The van der Waals surface area contributed by atoms with Crippen LogP contribution in [0.3, 0.4) is 0 Å². The number of carbonyl (C=O) groups is 1. The van der Waals surface area contributed by atoms with Gasteiger partial charge >= 0.3 is 0 Å². The molecule has 0 aliphatic rings. The van der Waals surface area contributed by atoms with Crippen molar-refractivity contribution in [3.63, 3.8) is 0 Å². The second-order valence-electron chi connectivity index (χ2n) is 6.22. The van der Waals surface area contributed by atoms with Gasteiger partial charge in [0.1, 0.15) is 5.82 Å². The first-order valence-electron chi connectivity index (χ1n) is 8.19. The van der Waals surface area contributed by atoms with Gasteiger partial charge in [-0.05, 0) is 37.3 Å². The number of anilines is 1. The van der Waals surface area contributed by atoms with Gasteiger partial charge in [0, 0.05) is 24.5 Å². The zero-order chi connectivity index (χ0) is 21.3. The summed E-state index contributed by atoms with van der Waals surface area (Å²) in [7, 11) is -3.52. The SMILES string of the molecule is Cc1cc(NC(=O)c2cc(S(C)(=O)=O)ccc2Cl)n(-c2ccc([N+](=O)[O-])cc2)n1. The van der Waals surface area contributed by atoms with Gasteiger partial charge in [0.2, 0.25) is 0 Å². The molecule has 29 heavy (non-hydrogen) atoms. The molecule has 0 radical (unpaired) electrons. The van der Waals surface area contributed by atoms with Crippen molar-refractivity contribution in [3.8, 4) is 5.69 Å². The van der Waals surface area contributed by atoms with Crippen LogP contribution in [0.4, 0.5) is 11.5 Å². The van der Waals surface area contributed by atoms with E-state index in [0.29, 0.717) is 17.2 Å². The Morgan fingerprint density at radius 1 is 1.17 bits per heavy atom. The highest BCUT2D eigenvalue weighted by Gasteiger charge is 2.18. The van der Waals surface area contributed by atoms with Crippen LogP contribution < -0.4 is 5.32 Å². The number of benzene rings is 2. The lowest BCUT2D eigenvalue weighted by molar-refractivity contribution is -0.384. The molecule has 11 heteroatoms. The maximum atomic E-state index is 12.7. The third-order valence-corrected chi connectivity index (χ3v) is 5.43. The Bertz CT molecular complexity index is 1220. The number of hydrogen-bond donors (Lipinski definition) is 1. The molecule has 1 aromatic heterocycles. The summed E-state index contributed by atoms with van der Waals surface area (Å²) in [5.41, 5.74) is 1.00. The first-order chi connectivity index (χ1) is 13.6. The lowest BCUT2D eigenvalue weighted by Gasteiger charge is -2.10. The fraction of sp³-hybridized carbons (Fsp3) is 0.111. The van der Waals surface area contributed by atoms with Crippen LogP contribution in [-0.2, 0) is 9.84 Å². The molecule has 3 aromatic rings. The van der Waals surface area contributed by atoms with Crippen LogP contribution in [0.2, 0.25) is 5.02 Å². The molecule has 0 fully saturated rings. The van der Waals surface area contributed by atoms with Gasteiger partial charge in [-0.2, -0.15) is 5.10 Å². The molecule has 0 bridgehead atoms. The van der Waals surface area contributed by atoms with Crippen LogP contribution in [0.1, 0.15) is 16.1 Å². The summed E-state index contributed by atoms with van der Waals surface area (Å²) < 4.78 is 24.9. The molecule has 1 heterocycles. The molecule has 3 rings (SSSR count). The average molecular weight is 435 g/mol. The van der Waals surface area contributed by atoms with Crippen molar-refractivity contribution in [1.82, 2.24) is 9.78 Å². The molecule has 0 atom stereocenters. The fourth-order valence-corrected chi connectivity index (χ4v) is 3.44. The third kappa shape index (κ3) is 4.44. The van der Waals surface area contributed by atoms with Gasteiger partial charge < -0.3 is 5.32 Å². The molecule has 1 amide bonds. The quantitative estimate of drug-likeness (QED) is 0.484. The summed E-state index contributed by atoms with van der Waals surface area (Å²) in [6, 6.07) is 11.1. The van der Waals surface area contributed by atoms with Crippen molar-refractivity contribution in [2.24, 2.45) is 0 Å². The number of non-ortho nitro benzene ring substituents is 1. The summed E-state index contributed by atoms with van der Waals surface area (Å²) in [4.78, 5) is 23.0. The smallest absolute Gasteiger partial charge is 0.269 e. The normalized spacial score (nSPS) is 11.3. The van der Waals surface area contributed by atoms with Gasteiger partial charge in [0.25, 0.3) is 11.6 Å². The molecule has 0 unspecified atom stereocenters. The minimum absolute atomic E-state index is 0.0105. The number of halogens is 1. The Morgan fingerprint density at radius 3 is 2.41 bits per heavy atom. The van der Waals surface area contributed by atoms with Gasteiger partial charge in [-0.25, -0.2) is 13.1 Å². The summed E-state index contributed by atoms with van der Waals surface area (Å²) in [6.07, 6.45) is 1.03. The number of sulfone groups is 1. The average Bonchev–Trinajstić information content (AvgIpc) is 3.01. The minimum Gasteiger partial charge on any atom is -0.306 e. The molecule has 150 valence electrons. The van der Waals surface area contributed by atoms with E-state index in [-0.39, 0.29) is 21.2 Å². The number of nitro groups is 1. The van der Waals surface area contributed by atoms with E-state index >= 15 is 0 Å². The molecule has 0 aliphatic heterocycles. The van der Waals surface area contributed by atoms with Crippen LogP contribution in [0.25, 0.3) is 5.69 Å². The van der Waals surface area contributed by atoms with E-state index < -0.39 is 20.7 Å². The van der Waals surface area contributed by atoms with Crippen molar-refractivity contribution in [1.29, 1.82) is 0 Å². The highest BCUT2D eigenvalue weighted by molar-refractivity contribution is 7.90. The molecule has 1 N–H and O–H groups in total. The standard InChI is InChI=1S/C18H15ClN4O5S/c1-11-9-17(22(21-11)12-3-5-13(6-4-12)23(25)26)20-18(24)15-10-14(29(2,27)28)7-8-16(15)19/h3-10H,1-2H3,(H,20,24). The number of nitrogens with one attached hydrogen (secondary N) is 1. The van der Waals surface area contributed by atoms with Gasteiger partial charge in [-0.1, -0.05) is 11.6 Å².